The quantitative estimate of drug-likeness (QED) is 0.386. The fourth-order valence-corrected chi connectivity index (χ4v) is 3.73. The molecule has 30 heavy (non-hydrogen) atoms. The van der Waals surface area contributed by atoms with E-state index in [2.05, 4.69) is 22.1 Å². The number of aromatic nitrogens is 3. The Morgan fingerprint density at radius 3 is 2.73 bits per heavy atom. The van der Waals surface area contributed by atoms with E-state index in [0.717, 1.165) is 5.56 Å². The average molecular weight is 445 g/mol. The molecule has 1 heterocycles. The molecule has 0 atom stereocenters. The summed E-state index contributed by atoms with van der Waals surface area (Å²) in [4.78, 5) is 12.5. The van der Waals surface area contributed by atoms with Gasteiger partial charge >= 0.3 is 0 Å². The van der Waals surface area contributed by atoms with Gasteiger partial charge in [0.2, 0.25) is 5.91 Å². The number of halogens is 1. The summed E-state index contributed by atoms with van der Waals surface area (Å²) in [5, 5.41) is 12.5. The van der Waals surface area contributed by atoms with E-state index in [-0.39, 0.29) is 11.7 Å². The lowest BCUT2D eigenvalue weighted by Crippen LogP contribution is -2.15. The Balaban J connectivity index is 1.75. The van der Waals surface area contributed by atoms with Crippen molar-refractivity contribution in [3.63, 3.8) is 0 Å². The van der Waals surface area contributed by atoms with Crippen LogP contribution in [0.4, 0.5) is 5.69 Å². The fraction of sp³-hybridized carbons (Fsp3) is 0.190. The molecule has 1 aromatic heterocycles. The summed E-state index contributed by atoms with van der Waals surface area (Å²) in [6, 6.07) is 12.6. The molecule has 0 spiro atoms. The van der Waals surface area contributed by atoms with Gasteiger partial charge in [0.1, 0.15) is 11.5 Å². The molecule has 3 aromatic rings. The number of nitrogens with zero attached hydrogens (tertiary/aromatic N) is 3. The Morgan fingerprint density at radius 2 is 2.03 bits per heavy atom. The van der Waals surface area contributed by atoms with Gasteiger partial charge in [-0.05, 0) is 24.3 Å². The van der Waals surface area contributed by atoms with Crippen molar-refractivity contribution in [1.29, 1.82) is 0 Å². The number of anilines is 1. The molecular weight excluding hydrogens is 424 g/mol. The lowest BCUT2D eigenvalue weighted by atomic mass is 10.2. The minimum absolute atomic E-state index is 0.137. The second-order valence-electron chi connectivity index (χ2n) is 6.09. The normalized spacial score (nSPS) is 10.5. The first-order chi connectivity index (χ1) is 14.6. The molecule has 0 saturated carbocycles. The van der Waals surface area contributed by atoms with Crippen molar-refractivity contribution < 1.29 is 14.3 Å². The Kier molecular flexibility index (Phi) is 7.37. The topological polar surface area (TPSA) is 78.3 Å². The van der Waals surface area contributed by atoms with Crippen LogP contribution in [0.3, 0.4) is 0 Å². The number of rotatable bonds is 9. The zero-order chi connectivity index (χ0) is 21.5. The van der Waals surface area contributed by atoms with Crippen molar-refractivity contribution in [3.8, 4) is 22.9 Å². The Labute approximate surface area is 184 Å². The van der Waals surface area contributed by atoms with E-state index in [0.29, 0.717) is 39.7 Å². The molecule has 0 bridgehead atoms. The highest BCUT2D eigenvalue weighted by Crippen LogP contribution is 2.31. The summed E-state index contributed by atoms with van der Waals surface area (Å²) in [6.07, 6.45) is 1.74. The van der Waals surface area contributed by atoms with Crippen molar-refractivity contribution in [2.75, 3.05) is 25.3 Å². The van der Waals surface area contributed by atoms with Crippen LogP contribution in [0.5, 0.6) is 11.5 Å². The lowest BCUT2D eigenvalue weighted by molar-refractivity contribution is -0.113. The Morgan fingerprint density at radius 1 is 1.23 bits per heavy atom. The van der Waals surface area contributed by atoms with Crippen LogP contribution in [0.15, 0.2) is 60.3 Å². The number of ether oxygens (including phenoxy) is 2. The number of carbonyl (C=O) groups is 1. The van der Waals surface area contributed by atoms with Gasteiger partial charge in [-0.2, -0.15) is 0 Å². The van der Waals surface area contributed by atoms with Gasteiger partial charge in [-0.1, -0.05) is 41.6 Å². The molecule has 9 heteroatoms. The third-order valence-corrected chi connectivity index (χ3v) is 5.45. The molecule has 0 aliphatic carbocycles. The number of methoxy groups -OCH3 is 2. The monoisotopic (exact) mass is 444 g/mol. The predicted octanol–water partition coefficient (Wildman–Crippen LogP) is 4.53. The third-order valence-electron chi connectivity index (χ3n) is 4.16. The smallest absolute Gasteiger partial charge is 0.234 e. The van der Waals surface area contributed by atoms with Gasteiger partial charge < -0.3 is 14.8 Å². The van der Waals surface area contributed by atoms with E-state index in [1.165, 1.54) is 11.8 Å². The lowest BCUT2D eigenvalue weighted by Gasteiger charge is -2.12. The van der Waals surface area contributed by atoms with Gasteiger partial charge in [0, 0.05) is 18.2 Å². The standard InChI is InChI=1S/C21H21ClN4O3S/c1-4-11-26-20(15-7-5-6-8-16(15)22)24-25-21(26)30-13-19(27)23-17-12-14(28-2)9-10-18(17)29-3/h4-10,12H,1,11,13H2,2-3H3,(H,23,27). The van der Waals surface area contributed by atoms with E-state index in [1.807, 2.05) is 22.8 Å². The van der Waals surface area contributed by atoms with Crippen LogP contribution < -0.4 is 14.8 Å². The second kappa shape index (κ2) is 10.2. The second-order valence-corrected chi connectivity index (χ2v) is 7.44. The number of thioether (sulfide) groups is 1. The van der Waals surface area contributed by atoms with E-state index < -0.39 is 0 Å². The highest BCUT2D eigenvalue weighted by atomic mass is 35.5. The Bertz CT molecular complexity index is 1050. The van der Waals surface area contributed by atoms with Crippen LogP contribution in [0.2, 0.25) is 5.02 Å². The van der Waals surface area contributed by atoms with Crippen LogP contribution in [0.1, 0.15) is 0 Å². The molecule has 2 aromatic carbocycles. The molecule has 0 saturated heterocycles. The van der Waals surface area contributed by atoms with Crippen LogP contribution >= 0.6 is 23.4 Å². The van der Waals surface area contributed by atoms with Crippen LogP contribution in [0, 0.1) is 0 Å². The van der Waals surface area contributed by atoms with Gasteiger partial charge in [-0.25, -0.2) is 0 Å². The number of benzene rings is 2. The number of hydrogen-bond acceptors (Lipinski definition) is 6. The largest absolute Gasteiger partial charge is 0.497 e. The van der Waals surface area contributed by atoms with Crippen molar-refractivity contribution in [2.45, 2.75) is 11.7 Å². The summed E-state index contributed by atoms with van der Waals surface area (Å²) < 4.78 is 12.4. The maximum absolute atomic E-state index is 12.5. The maximum Gasteiger partial charge on any atom is 0.234 e. The highest BCUT2D eigenvalue weighted by molar-refractivity contribution is 7.99. The number of allylic oxidation sites excluding steroid dienone is 1. The molecule has 0 radical (unpaired) electrons. The molecule has 1 N–H and O–H groups in total. The first-order valence-corrected chi connectivity index (χ1v) is 10.4. The van der Waals surface area contributed by atoms with E-state index in [9.17, 15) is 4.79 Å². The van der Waals surface area contributed by atoms with Crippen molar-refractivity contribution in [2.24, 2.45) is 0 Å². The minimum atomic E-state index is -0.209. The van der Waals surface area contributed by atoms with Gasteiger partial charge in [-0.15, -0.1) is 16.8 Å². The molecule has 3 rings (SSSR count). The van der Waals surface area contributed by atoms with Gasteiger partial charge in [0.05, 0.1) is 30.7 Å². The number of hydrogen-bond donors (Lipinski definition) is 1. The highest BCUT2D eigenvalue weighted by Gasteiger charge is 2.17. The maximum atomic E-state index is 12.5. The van der Waals surface area contributed by atoms with E-state index in [1.54, 1.807) is 44.6 Å². The molecular formula is C21H21ClN4O3S. The number of nitrogens with one attached hydrogen (secondary N) is 1. The van der Waals surface area contributed by atoms with Gasteiger partial charge in [0.15, 0.2) is 11.0 Å². The van der Waals surface area contributed by atoms with E-state index >= 15 is 0 Å². The summed E-state index contributed by atoms with van der Waals surface area (Å²) in [6.45, 7) is 4.28. The first-order valence-electron chi connectivity index (χ1n) is 9.01. The molecule has 0 fully saturated rings. The molecule has 1 amide bonds. The zero-order valence-electron chi connectivity index (χ0n) is 16.6. The Hall–Kier alpha value is -2.97. The van der Waals surface area contributed by atoms with Crippen molar-refractivity contribution >= 4 is 35.0 Å². The van der Waals surface area contributed by atoms with E-state index in [4.69, 9.17) is 21.1 Å². The molecule has 7 nitrogen and oxygen atoms in total. The van der Waals surface area contributed by atoms with Crippen molar-refractivity contribution in [3.05, 3.63) is 60.1 Å². The first kappa shape index (κ1) is 21.7. The van der Waals surface area contributed by atoms with Gasteiger partial charge in [0.25, 0.3) is 0 Å². The average Bonchev–Trinajstić information content (AvgIpc) is 3.15. The summed E-state index contributed by atoms with van der Waals surface area (Å²) in [5.41, 5.74) is 1.30. The van der Waals surface area contributed by atoms with Crippen LogP contribution in [0.25, 0.3) is 11.4 Å². The fourth-order valence-electron chi connectivity index (χ4n) is 2.76. The SMILES string of the molecule is C=CCn1c(SCC(=O)Nc2cc(OC)ccc2OC)nnc1-c1ccccc1Cl. The van der Waals surface area contributed by atoms with Crippen LogP contribution in [-0.4, -0.2) is 40.6 Å². The third kappa shape index (κ3) is 4.95. The number of carbonyl (C=O) groups excluding carboxylic acids is 1. The van der Waals surface area contributed by atoms with Gasteiger partial charge in [-0.3, -0.25) is 9.36 Å². The molecule has 0 aliphatic heterocycles. The minimum Gasteiger partial charge on any atom is -0.497 e. The zero-order valence-corrected chi connectivity index (χ0v) is 18.2. The predicted molar refractivity (Wildman–Crippen MR) is 120 cm³/mol. The molecule has 156 valence electrons. The number of amides is 1. The summed E-state index contributed by atoms with van der Waals surface area (Å²) >= 11 is 7.58. The summed E-state index contributed by atoms with van der Waals surface area (Å²) in [5.74, 6) is 1.72. The van der Waals surface area contributed by atoms with Crippen molar-refractivity contribution in [1.82, 2.24) is 14.8 Å². The van der Waals surface area contributed by atoms with Crippen LogP contribution in [-0.2, 0) is 11.3 Å². The summed E-state index contributed by atoms with van der Waals surface area (Å²) in [7, 11) is 3.10. The molecule has 0 unspecified atom stereocenters. The molecule has 0 aliphatic rings.